The number of carbonyl (C=O) groups excluding carboxylic acids is 1. The number of aryl methyl sites for hydroxylation is 1. The summed E-state index contributed by atoms with van der Waals surface area (Å²) in [6.07, 6.45) is -3.15. The molecule has 0 N–H and O–H groups in total. The lowest BCUT2D eigenvalue weighted by atomic mass is 10.1. The van der Waals surface area contributed by atoms with E-state index >= 15 is 0 Å². The zero-order valence-corrected chi connectivity index (χ0v) is 11.4. The van der Waals surface area contributed by atoms with Gasteiger partial charge in [0.05, 0.1) is 11.8 Å². The molecule has 21 heavy (non-hydrogen) atoms. The summed E-state index contributed by atoms with van der Waals surface area (Å²) in [6, 6.07) is 5.00. The molecule has 2 aromatic rings. The highest BCUT2D eigenvalue weighted by Gasteiger charge is 2.33. The van der Waals surface area contributed by atoms with Gasteiger partial charge in [-0.2, -0.15) is 18.3 Å². The number of rotatable bonds is 3. The van der Waals surface area contributed by atoms with Crippen LogP contribution in [-0.4, -0.2) is 15.7 Å². The van der Waals surface area contributed by atoms with Gasteiger partial charge >= 0.3 is 12.1 Å². The van der Waals surface area contributed by atoms with Crippen LogP contribution in [-0.2, 0) is 24.6 Å². The molecule has 7 heteroatoms. The first kappa shape index (κ1) is 15.1. The Morgan fingerprint density at radius 3 is 2.57 bits per heavy atom. The van der Waals surface area contributed by atoms with Crippen molar-refractivity contribution < 1.29 is 22.7 Å². The maximum Gasteiger partial charge on any atom is 0.416 e. The van der Waals surface area contributed by atoms with Crippen LogP contribution >= 0.6 is 0 Å². The zero-order valence-electron chi connectivity index (χ0n) is 11.4. The number of alkyl halides is 3. The van der Waals surface area contributed by atoms with Gasteiger partial charge in [0.1, 0.15) is 12.2 Å². The Bertz CT molecular complexity index is 662. The van der Waals surface area contributed by atoms with Crippen molar-refractivity contribution in [1.82, 2.24) is 9.78 Å². The second-order valence-electron chi connectivity index (χ2n) is 4.50. The van der Waals surface area contributed by atoms with Crippen LogP contribution in [0.25, 0.3) is 0 Å². The lowest BCUT2D eigenvalue weighted by Gasteiger charge is -2.12. The van der Waals surface area contributed by atoms with Crippen molar-refractivity contribution in [3.8, 4) is 0 Å². The number of hydrogen-bond acceptors (Lipinski definition) is 3. The average molecular weight is 298 g/mol. The number of benzene rings is 1. The minimum atomic E-state index is -4.48. The summed E-state index contributed by atoms with van der Waals surface area (Å²) in [6.45, 7) is 1.23. The van der Waals surface area contributed by atoms with Crippen LogP contribution in [0.1, 0.15) is 27.2 Å². The Labute approximate surface area is 119 Å². The van der Waals surface area contributed by atoms with E-state index in [1.165, 1.54) is 29.1 Å². The highest BCUT2D eigenvalue weighted by Crippen LogP contribution is 2.32. The molecule has 0 radical (unpaired) electrons. The number of ether oxygens (including phenoxy) is 1. The third-order valence-corrected chi connectivity index (χ3v) is 3.14. The van der Waals surface area contributed by atoms with E-state index in [0.717, 1.165) is 6.07 Å². The maximum atomic E-state index is 12.8. The standard InChI is InChI=1S/C14H13F3N2O2/c1-9-11(7-18-19(9)2)13(20)21-8-10-5-3-4-6-12(10)14(15,16)17/h3-7H,8H2,1-2H3. The first-order valence-electron chi connectivity index (χ1n) is 6.11. The van der Waals surface area contributed by atoms with Crippen LogP contribution in [0.3, 0.4) is 0 Å². The van der Waals surface area contributed by atoms with Gasteiger partial charge < -0.3 is 4.74 Å². The summed E-state index contributed by atoms with van der Waals surface area (Å²) in [5.41, 5.74) is -0.0632. The van der Waals surface area contributed by atoms with Crippen molar-refractivity contribution in [2.75, 3.05) is 0 Å². The quantitative estimate of drug-likeness (QED) is 0.818. The largest absolute Gasteiger partial charge is 0.457 e. The summed E-state index contributed by atoms with van der Waals surface area (Å²) in [5.74, 6) is -0.697. The van der Waals surface area contributed by atoms with Crippen LogP contribution in [0.5, 0.6) is 0 Å². The van der Waals surface area contributed by atoms with Gasteiger partial charge in [-0.15, -0.1) is 0 Å². The fraction of sp³-hybridized carbons (Fsp3) is 0.286. The predicted molar refractivity (Wildman–Crippen MR) is 68.5 cm³/mol. The number of aromatic nitrogens is 2. The number of halogens is 3. The third-order valence-electron chi connectivity index (χ3n) is 3.14. The van der Waals surface area contributed by atoms with E-state index in [0.29, 0.717) is 5.69 Å². The molecule has 4 nitrogen and oxygen atoms in total. The van der Waals surface area contributed by atoms with E-state index in [2.05, 4.69) is 5.10 Å². The van der Waals surface area contributed by atoms with Crippen molar-refractivity contribution in [2.45, 2.75) is 19.7 Å². The monoisotopic (exact) mass is 298 g/mol. The molecule has 2 rings (SSSR count). The molecule has 0 spiro atoms. The van der Waals surface area contributed by atoms with Crippen LogP contribution in [0.15, 0.2) is 30.5 Å². The summed E-state index contributed by atoms with van der Waals surface area (Å²) in [7, 11) is 1.66. The van der Waals surface area contributed by atoms with Gasteiger partial charge in [0, 0.05) is 18.3 Å². The topological polar surface area (TPSA) is 44.1 Å². The van der Waals surface area contributed by atoms with Gasteiger partial charge in [0.25, 0.3) is 0 Å². The number of nitrogens with zero attached hydrogens (tertiary/aromatic N) is 2. The molecule has 0 saturated carbocycles. The molecule has 0 aliphatic heterocycles. The van der Waals surface area contributed by atoms with Crippen molar-refractivity contribution in [3.05, 3.63) is 52.8 Å². The van der Waals surface area contributed by atoms with Crippen molar-refractivity contribution in [1.29, 1.82) is 0 Å². The Hall–Kier alpha value is -2.31. The second-order valence-corrected chi connectivity index (χ2v) is 4.50. The van der Waals surface area contributed by atoms with E-state index in [-0.39, 0.29) is 11.1 Å². The minimum Gasteiger partial charge on any atom is -0.457 e. The molecular weight excluding hydrogens is 285 g/mol. The van der Waals surface area contributed by atoms with Gasteiger partial charge in [-0.05, 0) is 13.0 Å². The van der Waals surface area contributed by atoms with Crippen molar-refractivity contribution in [3.63, 3.8) is 0 Å². The summed E-state index contributed by atoms with van der Waals surface area (Å²) in [4.78, 5) is 11.9. The molecule has 0 bridgehead atoms. The molecule has 1 aromatic carbocycles. The zero-order chi connectivity index (χ0) is 15.6. The fourth-order valence-corrected chi connectivity index (χ4v) is 1.84. The Balaban J connectivity index is 2.14. The molecule has 0 aliphatic rings. The molecule has 0 unspecified atom stereocenters. The molecule has 1 heterocycles. The Morgan fingerprint density at radius 1 is 1.33 bits per heavy atom. The van der Waals surface area contributed by atoms with Crippen LogP contribution < -0.4 is 0 Å². The van der Waals surface area contributed by atoms with Gasteiger partial charge in [0.15, 0.2) is 0 Å². The molecule has 0 fully saturated rings. The van der Waals surface area contributed by atoms with E-state index < -0.39 is 24.3 Å². The van der Waals surface area contributed by atoms with Gasteiger partial charge in [-0.1, -0.05) is 18.2 Å². The molecule has 0 amide bonds. The maximum absolute atomic E-state index is 12.8. The van der Waals surface area contributed by atoms with E-state index in [9.17, 15) is 18.0 Å². The predicted octanol–water partition coefficient (Wildman–Crippen LogP) is 3.10. The van der Waals surface area contributed by atoms with Crippen LogP contribution in [0, 0.1) is 6.92 Å². The molecule has 112 valence electrons. The van der Waals surface area contributed by atoms with Crippen LogP contribution in [0.4, 0.5) is 13.2 Å². The van der Waals surface area contributed by atoms with E-state index in [1.54, 1.807) is 14.0 Å². The number of hydrogen-bond donors (Lipinski definition) is 0. The van der Waals surface area contributed by atoms with Gasteiger partial charge in [-0.3, -0.25) is 4.68 Å². The SMILES string of the molecule is Cc1c(C(=O)OCc2ccccc2C(F)(F)F)cnn1C. The van der Waals surface area contributed by atoms with E-state index in [1.807, 2.05) is 0 Å². The highest BCUT2D eigenvalue weighted by atomic mass is 19.4. The van der Waals surface area contributed by atoms with E-state index in [4.69, 9.17) is 4.74 Å². The van der Waals surface area contributed by atoms with Crippen LogP contribution in [0.2, 0.25) is 0 Å². The molecule has 1 aromatic heterocycles. The van der Waals surface area contributed by atoms with Crippen molar-refractivity contribution >= 4 is 5.97 Å². The van der Waals surface area contributed by atoms with Gasteiger partial charge in [-0.25, -0.2) is 4.79 Å². The third kappa shape index (κ3) is 3.24. The fourth-order valence-electron chi connectivity index (χ4n) is 1.84. The Kier molecular flexibility index (Phi) is 4.02. The first-order valence-corrected chi connectivity index (χ1v) is 6.11. The average Bonchev–Trinajstić information content (AvgIpc) is 2.76. The molecule has 0 aliphatic carbocycles. The smallest absolute Gasteiger partial charge is 0.416 e. The summed E-state index contributed by atoms with van der Waals surface area (Å²) >= 11 is 0. The number of esters is 1. The summed E-state index contributed by atoms with van der Waals surface area (Å²) < 4.78 is 44.9. The second kappa shape index (κ2) is 5.59. The molecular formula is C14H13F3N2O2. The normalized spacial score (nSPS) is 11.5. The first-order chi connectivity index (χ1) is 9.80. The van der Waals surface area contributed by atoms with Gasteiger partial charge in [0.2, 0.25) is 0 Å². The minimum absolute atomic E-state index is 0.0834. The lowest BCUT2D eigenvalue weighted by molar-refractivity contribution is -0.138. The number of carbonyl (C=O) groups is 1. The summed E-state index contributed by atoms with van der Waals surface area (Å²) in [5, 5.41) is 3.88. The Morgan fingerprint density at radius 2 is 2.00 bits per heavy atom. The highest BCUT2D eigenvalue weighted by molar-refractivity contribution is 5.90. The van der Waals surface area contributed by atoms with Crippen molar-refractivity contribution in [2.24, 2.45) is 7.05 Å². The lowest BCUT2D eigenvalue weighted by Crippen LogP contribution is -2.12. The molecule has 0 saturated heterocycles. The molecule has 0 atom stereocenters.